The van der Waals surface area contributed by atoms with Crippen molar-refractivity contribution in [1.82, 2.24) is 5.32 Å². The van der Waals surface area contributed by atoms with Crippen molar-refractivity contribution in [3.05, 3.63) is 29.3 Å². The van der Waals surface area contributed by atoms with Crippen LogP contribution in [-0.4, -0.2) is 51.3 Å². The highest BCUT2D eigenvalue weighted by atomic mass is 16.5. The summed E-state index contributed by atoms with van der Waals surface area (Å²) in [4.78, 5) is 15.1. The second-order valence-corrected chi connectivity index (χ2v) is 7.27. The highest BCUT2D eigenvalue weighted by Gasteiger charge is 2.25. The average molecular weight is 333 g/mol. The summed E-state index contributed by atoms with van der Waals surface area (Å²) in [5.41, 5.74) is 2.77. The van der Waals surface area contributed by atoms with E-state index in [1.54, 1.807) is 4.90 Å². The first-order chi connectivity index (χ1) is 11.6. The molecule has 3 N–H and O–H groups in total. The van der Waals surface area contributed by atoms with Gasteiger partial charge in [0, 0.05) is 18.0 Å². The van der Waals surface area contributed by atoms with E-state index in [9.17, 15) is 4.79 Å². The van der Waals surface area contributed by atoms with Crippen molar-refractivity contribution < 1.29 is 19.3 Å². The molecule has 0 aromatic heterocycles. The van der Waals surface area contributed by atoms with E-state index >= 15 is 0 Å². The van der Waals surface area contributed by atoms with Crippen LogP contribution in [0.15, 0.2) is 18.2 Å². The molecule has 0 spiro atoms. The van der Waals surface area contributed by atoms with Crippen LogP contribution in [0.3, 0.4) is 0 Å². The Morgan fingerprint density at radius 1 is 1.25 bits per heavy atom. The Balaban J connectivity index is 1.43. The molecule has 0 unspecified atom stereocenters. The lowest BCUT2D eigenvalue weighted by Crippen LogP contribution is -3.28. The minimum atomic E-state index is 0.196. The summed E-state index contributed by atoms with van der Waals surface area (Å²) in [5.74, 6) is 1.26. The maximum absolute atomic E-state index is 12.0. The molecule has 1 aromatic carbocycles. The second kappa shape index (κ2) is 7.99. The third kappa shape index (κ3) is 4.48. The Bertz CT molecular complexity index is 568. The van der Waals surface area contributed by atoms with E-state index in [0.29, 0.717) is 6.54 Å². The van der Waals surface area contributed by atoms with Crippen molar-refractivity contribution in [2.45, 2.75) is 39.3 Å². The number of carbonyl (C=O) groups is 1. The van der Waals surface area contributed by atoms with Gasteiger partial charge in [-0.3, -0.25) is 4.79 Å². The first-order valence-corrected chi connectivity index (χ1v) is 9.35. The standard InChI is InChI=1S/C19H29N3O2/c1-3-15(2)20-19(23)14-22-9-7-21(8-10-22)13-16-4-5-18-17(12-16)6-11-24-18/h4-5,12,15H,3,6-11,13-14H2,1-2H3,(H,20,23)/p+2/t15-/m0/s1. The third-order valence-electron chi connectivity index (χ3n) is 5.30. The summed E-state index contributed by atoms with van der Waals surface area (Å²) in [7, 11) is 0. The van der Waals surface area contributed by atoms with Crippen LogP contribution in [0, 0.1) is 0 Å². The normalized spacial score (nSPS) is 24.1. The molecule has 0 bridgehead atoms. The molecule has 2 aliphatic rings. The average Bonchev–Trinajstić information content (AvgIpc) is 3.04. The SMILES string of the molecule is CC[C@H](C)NC(=O)C[NH+]1CC[NH+](Cc2ccc3c(c2)CCO3)CC1. The molecule has 3 rings (SSSR count). The molecule has 132 valence electrons. The smallest absolute Gasteiger partial charge is 0.275 e. The number of carbonyl (C=O) groups excluding carboxylic acids is 1. The summed E-state index contributed by atoms with van der Waals surface area (Å²) in [6, 6.07) is 6.93. The fourth-order valence-electron chi connectivity index (χ4n) is 3.60. The van der Waals surface area contributed by atoms with Crippen LogP contribution < -0.4 is 19.9 Å². The summed E-state index contributed by atoms with van der Waals surface area (Å²) < 4.78 is 5.58. The zero-order valence-electron chi connectivity index (χ0n) is 15.0. The Labute approximate surface area is 145 Å². The summed E-state index contributed by atoms with van der Waals surface area (Å²) >= 11 is 0. The summed E-state index contributed by atoms with van der Waals surface area (Å²) in [5, 5.41) is 3.07. The molecular formula is C19H31N3O2+2. The number of quaternary nitrogens is 2. The van der Waals surface area contributed by atoms with Gasteiger partial charge in [0.25, 0.3) is 5.91 Å². The molecule has 0 saturated carbocycles. The molecule has 1 atom stereocenters. The van der Waals surface area contributed by atoms with Crippen LogP contribution >= 0.6 is 0 Å². The zero-order valence-corrected chi connectivity index (χ0v) is 15.0. The van der Waals surface area contributed by atoms with Crippen molar-refractivity contribution in [2.24, 2.45) is 0 Å². The molecule has 5 heteroatoms. The van der Waals surface area contributed by atoms with Gasteiger partial charge in [-0.2, -0.15) is 0 Å². The van der Waals surface area contributed by atoms with E-state index in [2.05, 4.69) is 37.4 Å². The Morgan fingerprint density at radius 3 is 2.75 bits per heavy atom. The quantitative estimate of drug-likeness (QED) is 0.614. The fraction of sp³-hybridized carbons (Fsp3) is 0.632. The predicted octanol–water partition coefficient (Wildman–Crippen LogP) is -1.18. The van der Waals surface area contributed by atoms with Gasteiger partial charge >= 0.3 is 0 Å². The Morgan fingerprint density at radius 2 is 2.00 bits per heavy atom. The van der Waals surface area contributed by atoms with Crippen molar-refractivity contribution in [1.29, 1.82) is 0 Å². The first kappa shape index (κ1) is 17.2. The van der Waals surface area contributed by atoms with Gasteiger partial charge < -0.3 is 19.9 Å². The van der Waals surface area contributed by atoms with Crippen LogP contribution in [0.2, 0.25) is 0 Å². The molecule has 2 aliphatic heterocycles. The number of hydrogen-bond acceptors (Lipinski definition) is 2. The van der Waals surface area contributed by atoms with Gasteiger partial charge in [0.1, 0.15) is 38.5 Å². The molecule has 5 nitrogen and oxygen atoms in total. The largest absolute Gasteiger partial charge is 0.493 e. The third-order valence-corrected chi connectivity index (χ3v) is 5.30. The van der Waals surface area contributed by atoms with Gasteiger partial charge in [-0.25, -0.2) is 0 Å². The number of hydrogen-bond donors (Lipinski definition) is 3. The van der Waals surface area contributed by atoms with E-state index in [1.165, 1.54) is 16.0 Å². The molecule has 1 saturated heterocycles. The van der Waals surface area contributed by atoms with Crippen LogP contribution in [0.1, 0.15) is 31.4 Å². The lowest BCUT2D eigenvalue weighted by atomic mass is 10.1. The van der Waals surface area contributed by atoms with Gasteiger partial charge in [-0.05, 0) is 37.1 Å². The van der Waals surface area contributed by atoms with E-state index in [-0.39, 0.29) is 11.9 Å². The highest BCUT2D eigenvalue weighted by molar-refractivity contribution is 5.77. The maximum Gasteiger partial charge on any atom is 0.275 e. The van der Waals surface area contributed by atoms with E-state index in [0.717, 1.165) is 57.9 Å². The monoisotopic (exact) mass is 333 g/mol. The van der Waals surface area contributed by atoms with E-state index in [4.69, 9.17) is 4.74 Å². The number of rotatable bonds is 6. The number of piperazine rings is 1. The number of ether oxygens (including phenoxy) is 1. The number of amides is 1. The molecule has 1 fully saturated rings. The maximum atomic E-state index is 12.0. The second-order valence-electron chi connectivity index (χ2n) is 7.27. The molecule has 0 aliphatic carbocycles. The molecule has 1 aromatic rings. The summed E-state index contributed by atoms with van der Waals surface area (Å²) in [6.45, 7) is 11.1. The van der Waals surface area contributed by atoms with E-state index < -0.39 is 0 Å². The lowest BCUT2D eigenvalue weighted by Gasteiger charge is -2.29. The lowest BCUT2D eigenvalue weighted by molar-refractivity contribution is -1.02. The molecule has 1 amide bonds. The Kier molecular flexibility index (Phi) is 5.74. The van der Waals surface area contributed by atoms with Gasteiger partial charge in [-0.15, -0.1) is 0 Å². The number of benzene rings is 1. The minimum absolute atomic E-state index is 0.196. The van der Waals surface area contributed by atoms with Gasteiger partial charge in [-0.1, -0.05) is 6.92 Å². The number of fused-ring (bicyclic) bond motifs is 1. The predicted molar refractivity (Wildman–Crippen MR) is 93.5 cm³/mol. The zero-order chi connectivity index (χ0) is 16.9. The van der Waals surface area contributed by atoms with Crippen molar-refractivity contribution in [2.75, 3.05) is 39.3 Å². The van der Waals surface area contributed by atoms with Crippen molar-refractivity contribution in [3.8, 4) is 5.75 Å². The van der Waals surface area contributed by atoms with Gasteiger partial charge in [0.2, 0.25) is 0 Å². The summed E-state index contributed by atoms with van der Waals surface area (Å²) in [6.07, 6.45) is 2.03. The van der Waals surface area contributed by atoms with Crippen molar-refractivity contribution in [3.63, 3.8) is 0 Å². The topological polar surface area (TPSA) is 47.2 Å². The fourth-order valence-corrected chi connectivity index (χ4v) is 3.60. The molecule has 2 heterocycles. The minimum Gasteiger partial charge on any atom is -0.493 e. The van der Waals surface area contributed by atoms with Crippen LogP contribution in [0.5, 0.6) is 5.75 Å². The van der Waals surface area contributed by atoms with Crippen LogP contribution in [-0.2, 0) is 17.8 Å². The van der Waals surface area contributed by atoms with Gasteiger partial charge in [0.05, 0.1) is 6.61 Å². The van der Waals surface area contributed by atoms with Crippen molar-refractivity contribution >= 4 is 5.91 Å². The highest BCUT2D eigenvalue weighted by Crippen LogP contribution is 2.25. The van der Waals surface area contributed by atoms with Gasteiger partial charge in [0.15, 0.2) is 6.54 Å². The molecular weight excluding hydrogens is 302 g/mol. The Hall–Kier alpha value is -1.59. The number of nitrogens with one attached hydrogen (secondary N) is 3. The molecule has 0 radical (unpaired) electrons. The first-order valence-electron chi connectivity index (χ1n) is 9.35. The van der Waals surface area contributed by atoms with Crippen LogP contribution in [0.4, 0.5) is 0 Å². The van der Waals surface area contributed by atoms with E-state index in [1.807, 2.05) is 0 Å². The van der Waals surface area contributed by atoms with Crippen LogP contribution in [0.25, 0.3) is 0 Å². The molecule has 24 heavy (non-hydrogen) atoms.